The first-order valence-corrected chi connectivity index (χ1v) is 8.14. The van der Waals surface area contributed by atoms with Crippen LogP contribution >= 0.6 is 27.3 Å². The molecule has 0 aliphatic heterocycles. The first-order valence-electron chi connectivity index (χ1n) is 6.53. The number of hydrogen-bond donors (Lipinski definition) is 2. The highest BCUT2D eigenvalue weighted by Crippen LogP contribution is 2.24. The number of nitrogens with one attached hydrogen (secondary N) is 1. The second kappa shape index (κ2) is 7.22. The van der Waals surface area contributed by atoms with Crippen LogP contribution in [0.2, 0.25) is 0 Å². The van der Waals surface area contributed by atoms with Gasteiger partial charge in [0.05, 0.1) is 9.89 Å². The van der Waals surface area contributed by atoms with E-state index in [1.54, 1.807) is 17.4 Å². The Balaban J connectivity index is 1.73. The van der Waals surface area contributed by atoms with Gasteiger partial charge in [-0.2, -0.15) is 0 Å². The molecule has 5 heteroatoms. The first kappa shape index (κ1) is 14.8. The maximum Gasteiger partial charge on any atom is 0.244 e. The van der Waals surface area contributed by atoms with Crippen LogP contribution in [0.15, 0.2) is 22.0 Å². The lowest BCUT2D eigenvalue weighted by Crippen LogP contribution is -2.31. The van der Waals surface area contributed by atoms with Crippen LogP contribution in [0.1, 0.15) is 30.6 Å². The third-order valence-corrected chi connectivity index (χ3v) is 4.90. The molecule has 104 valence electrons. The molecule has 0 bridgehead atoms. The summed E-state index contributed by atoms with van der Waals surface area (Å²) in [7, 11) is 0. The Morgan fingerprint density at radius 2 is 2.37 bits per heavy atom. The summed E-state index contributed by atoms with van der Waals surface area (Å²) in [5, 5.41) is 12.5. The lowest BCUT2D eigenvalue weighted by molar-refractivity contribution is -0.116. The minimum atomic E-state index is -0.185. The van der Waals surface area contributed by atoms with E-state index in [0.717, 1.165) is 34.3 Å². The molecule has 0 spiro atoms. The molecule has 19 heavy (non-hydrogen) atoms. The van der Waals surface area contributed by atoms with Crippen molar-refractivity contribution < 1.29 is 9.90 Å². The van der Waals surface area contributed by atoms with Crippen molar-refractivity contribution in [2.24, 2.45) is 5.92 Å². The molecule has 1 fully saturated rings. The Bertz CT molecular complexity index is 458. The van der Waals surface area contributed by atoms with Crippen LogP contribution in [-0.4, -0.2) is 23.7 Å². The molecule has 2 atom stereocenters. The molecule has 1 aromatic rings. The molecule has 0 radical (unpaired) electrons. The molecule has 2 unspecified atom stereocenters. The summed E-state index contributed by atoms with van der Waals surface area (Å²) in [6.45, 7) is 0.661. The molecule has 2 N–H and O–H groups in total. The Morgan fingerprint density at radius 1 is 1.53 bits per heavy atom. The van der Waals surface area contributed by atoms with Crippen molar-refractivity contribution in [3.8, 4) is 0 Å². The SMILES string of the molecule is O=C(C=Cc1ccc(Br)s1)NCC1CCCC(O)C1. The van der Waals surface area contributed by atoms with E-state index in [0.29, 0.717) is 12.5 Å². The Morgan fingerprint density at radius 3 is 3.05 bits per heavy atom. The van der Waals surface area contributed by atoms with E-state index in [-0.39, 0.29) is 12.0 Å². The van der Waals surface area contributed by atoms with Crippen LogP contribution in [0.25, 0.3) is 6.08 Å². The molecule has 1 aromatic heterocycles. The number of carbonyl (C=O) groups excluding carboxylic acids is 1. The molecular formula is C14H18BrNO2S. The highest BCUT2D eigenvalue weighted by Gasteiger charge is 2.19. The largest absolute Gasteiger partial charge is 0.393 e. The Labute approximate surface area is 125 Å². The molecule has 1 aliphatic rings. The summed E-state index contributed by atoms with van der Waals surface area (Å²) in [6.07, 6.45) is 7.06. The third-order valence-electron chi connectivity index (χ3n) is 3.31. The van der Waals surface area contributed by atoms with Gasteiger partial charge in [-0.1, -0.05) is 6.42 Å². The van der Waals surface area contributed by atoms with Gasteiger partial charge in [-0.15, -0.1) is 11.3 Å². The number of hydrogen-bond acceptors (Lipinski definition) is 3. The van der Waals surface area contributed by atoms with Gasteiger partial charge in [-0.3, -0.25) is 4.79 Å². The lowest BCUT2D eigenvalue weighted by atomic mass is 9.87. The Hall–Kier alpha value is -0.650. The zero-order valence-electron chi connectivity index (χ0n) is 10.6. The van der Waals surface area contributed by atoms with Crippen LogP contribution in [0.5, 0.6) is 0 Å². The highest BCUT2D eigenvalue weighted by atomic mass is 79.9. The van der Waals surface area contributed by atoms with E-state index in [9.17, 15) is 9.90 Å². The fourth-order valence-corrected chi connectivity index (χ4v) is 3.65. The number of aliphatic hydroxyl groups is 1. The summed E-state index contributed by atoms with van der Waals surface area (Å²) in [5.41, 5.74) is 0. The molecule has 1 heterocycles. The maximum absolute atomic E-state index is 11.7. The fraction of sp³-hybridized carbons (Fsp3) is 0.500. The van der Waals surface area contributed by atoms with E-state index < -0.39 is 0 Å². The lowest BCUT2D eigenvalue weighted by Gasteiger charge is -2.25. The van der Waals surface area contributed by atoms with E-state index >= 15 is 0 Å². The smallest absolute Gasteiger partial charge is 0.244 e. The molecule has 3 nitrogen and oxygen atoms in total. The zero-order valence-corrected chi connectivity index (χ0v) is 13.0. The van der Waals surface area contributed by atoms with Gasteiger partial charge in [-0.05, 0) is 59.3 Å². The van der Waals surface area contributed by atoms with Crippen molar-refractivity contribution in [3.05, 3.63) is 26.9 Å². The average molecular weight is 344 g/mol. The van der Waals surface area contributed by atoms with Crippen molar-refractivity contribution in [1.82, 2.24) is 5.32 Å². The second-order valence-corrected chi connectivity index (χ2v) is 7.40. The van der Waals surface area contributed by atoms with E-state index in [1.807, 2.05) is 18.2 Å². The average Bonchev–Trinajstić information content (AvgIpc) is 2.80. The van der Waals surface area contributed by atoms with Crippen molar-refractivity contribution >= 4 is 39.2 Å². The number of carbonyl (C=O) groups is 1. The molecule has 2 rings (SSSR count). The summed E-state index contributed by atoms with van der Waals surface area (Å²) in [5.74, 6) is 0.349. The molecule has 0 saturated heterocycles. The van der Waals surface area contributed by atoms with E-state index in [2.05, 4.69) is 21.2 Å². The second-order valence-electron chi connectivity index (χ2n) is 4.91. The van der Waals surface area contributed by atoms with Crippen LogP contribution in [0, 0.1) is 5.92 Å². The number of rotatable bonds is 4. The molecule has 1 aliphatic carbocycles. The number of thiophene rings is 1. The van der Waals surface area contributed by atoms with Crippen molar-refractivity contribution in [1.29, 1.82) is 0 Å². The normalized spacial score (nSPS) is 23.7. The molecule has 1 amide bonds. The van der Waals surface area contributed by atoms with Crippen LogP contribution < -0.4 is 5.32 Å². The van der Waals surface area contributed by atoms with E-state index in [4.69, 9.17) is 0 Å². The van der Waals surface area contributed by atoms with Crippen LogP contribution in [0.4, 0.5) is 0 Å². The zero-order chi connectivity index (χ0) is 13.7. The standard InChI is InChI=1S/C14H18BrNO2S/c15-13-6-4-12(19-13)5-7-14(18)16-9-10-2-1-3-11(17)8-10/h4-7,10-11,17H,1-3,8-9H2,(H,16,18). The number of halogens is 1. The topological polar surface area (TPSA) is 49.3 Å². The van der Waals surface area contributed by atoms with Gasteiger partial charge in [0.2, 0.25) is 5.91 Å². The summed E-state index contributed by atoms with van der Waals surface area (Å²) < 4.78 is 1.06. The third kappa shape index (κ3) is 5.09. The van der Waals surface area contributed by atoms with Gasteiger partial charge >= 0.3 is 0 Å². The van der Waals surface area contributed by atoms with Gasteiger partial charge < -0.3 is 10.4 Å². The van der Waals surface area contributed by atoms with Gasteiger partial charge in [0, 0.05) is 17.5 Å². The van der Waals surface area contributed by atoms with Crippen LogP contribution in [0.3, 0.4) is 0 Å². The summed E-state index contributed by atoms with van der Waals surface area (Å²) in [4.78, 5) is 12.7. The van der Waals surface area contributed by atoms with Gasteiger partial charge in [0.15, 0.2) is 0 Å². The molecule has 1 saturated carbocycles. The predicted molar refractivity (Wildman–Crippen MR) is 82.0 cm³/mol. The quantitative estimate of drug-likeness (QED) is 0.824. The minimum absolute atomic E-state index is 0.0652. The Kier molecular flexibility index (Phi) is 5.60. The summed E-state index contributed by atoms with van der Waals surface area (Å²) in [6, 6.07) is 3.93. The predicted octanol–water partition coefficient (Wildman–Crippen LogP) is 3.19. The van der Waals surface area contributed by atoms with E-state index in [1.165, 1.54) is 0 Å². The van der Waals surface area contributed by atoms with Crippen molar-refractivity contribution in [2.45, 2.75) is 31.8 Å². The van der Waals surface area contributed by atoms with Crippen molar-refractivity contribution in [3.63, 3.8) is 0 Å². The first-order chi connectivity index (χ1) is 9.13. The monoisotopic (exact) mass is 343 g/mol. The van der Waals surface area contributed by atoms with Gasteiger partial charge in [-0.25, -0.2) is 0 Å². The van der Waals surface area contributed by atoms with Crippen molar-refractivity contribution in [2.75, 3.05) is 6.54 Å². The summed E-state index contributed by atoms with van der Waals surface area (Å²) >= 11 is 4.98. The highest BCUT2D eigenvalue weighted by molar-refractivity contribution is 9.11. The van der Waals surface area contributed by atoms with Gasteiger partial charge in [0.25, 0.3) is 0 Å². The fourth-order valence-electron chi connectivity index (χ4n) is 2.33. The number of aliphatic hydroxyl groups excluding tert-OH is 1. The van der Waals surface area contributed by atoms with Crippen LogP contribution in [-0.2, 0) is 4.79 Å². The minimum Gasteiger partial charge on any atom is -0.393 e. The maximum atomic E-state index is 11.7. The van der Waals surface area contributed by atoms with Gasteiger partial charge in [0.1, 0.15) is 0 Å². The molecular weight excluding hydrogens is 326 g/mol. The number of amides is 1. The molecule has 0 aromatic carbocycles.